The van der Waals surface area contributed by atoms with Crippen LogP contribution in [0, 0.1) is 0 Å². The van der Waals surface area contributed by atoms with E-state index < -0.39 is 0 Å². The van der Waals surface area contributed by atoms with Gasteiger partial charge in [-0.3, -0.25) is 4.79 Å². The third-order valence-corrected chi connectivity index (χ3v) is 5.26. The maximum Gasteiger partial charge on any atom is 0.224 e. The molecule has 1 heterocycles. The summed E-state index contributed by atoms with van der Waals surface area (Å²) >= 11 is 0. The molecule has 1 aliphatic rings. The largest absolute Gasteiger partial charge is 0.441 e. The third-order valence-electron chi connectivity index (χ3n) is 5.26. The number of oxazole rings is 1. The Morgan fingerprint density at radius 3 is 2.62 bits per heavy atom. The number of fused-ring (bicyclic) bond motifs is 3. The molecule has 4 aromatic rings. The van der Waals surface area contributed by atoms with E-state index in [1.54, 1.807) is 6.20 Å². The van der Waals surface area contributed by atoms with E-state index in [-0.39, 0.29) is 5.91 Å². The maximum absolute atomic E-state index is 12.4. The maximum atomic E-state index is 12.4. The first-order valence-electron chi connectivity index (χ1n) is 9.77. The quantitative estimate of drug-likeness (QED) is 0.439. The molecule has 4 nitrogen and oxygen atoms in total. The molecule has 0 radical (unpaired) electrons. The number of nitrogens with zero attached hydrogens (tertiary/aromatic N) is 1. The summed E-state index contributed by atoms with van der Waals surface area (Å²) in [7, 11) is 0. The smallest absolute Gasteiger partial charge is 0.224 e. The van der Waals surface area contributed by atoms with Gasteiger partial charge in [0.05, 0.1) is 6.20 Å². The van der Waals surface area contributed by atoms with Gasteiger partial charge in [0, 0.05) is 24.1 Å². The Morgan fingerprint density at radius 2 is 1.72 bits per heavy atom. The van der Waals surface area contributed by atoms with E-state index >= 15 is 0 Å². The highest BCUT2D eigenvalue weighted by molar-refractivity contribution is 5.92. The lowest BCUT2D eigenvalue weighted by atomic mass is 10.1. The minimum atomic E-state index is -0.0417. The number of benzene rings is 3. The molecule has 0 aliphatic heterocycles. The van der Waals surface area contributed by atoms with E-state index in [1.807, 2.05) is 36.4 Å². The van der Waals surface area contributed by atoms with E-state index in [0.717, 1.165) is 23.4 Å². The number of aromatic nitrogens is 1. The highest BCUT2D eigenvalue weighted by Gasteiger charge is 2.18. The molecular weight excluding hydrogens is 360 g/mol. The number of nitrogens with one attached hydrogen (secondary N) is 1. The van der Waals surface area contributed by atoms with Crippen molar-refractivity contribution in [3.8, 4) is 22.5 Å². The van der Waals surface area contributed by atoms with E-state index in [2.05, 4.69) is 46.7 Å². The first-order valence-corrected chi connectivity index (χ1v) is 9.77. The van der Waals surface area contributed by atoms with Gasteiger partial charge in [0.2, 0.25) is 5.91 Å². The second-order valence-electron chi connectivity index (χ2n) is 7.24. The van der Waals surface area contributed by atoms with Crippen LogP contribution >= 0.6 is 0 Å². The summed E-state index contributed by atoms with van der Waals surface area (Å²) in [6, 6.07) is 24.4. The molecule has 0 atom stereocenters. The zero-order valence-electron chi connectivity index (χ0n) is 15.9. The van der Waals surface area contributed by atoms with Gasteiger partial charge < -0.3 is 9.73 Å². The molecule has 1 aliphatic carbocycles. The molecule has 142 valence electrons. The number of aryl methyl sites for hydroxylation is 1. The Kier molecular flexibility index (Phi) is 4.45. The second kappa shape index (κ2) is 7.40. The topological polar surface area (TPSA) is 55.1 Å². The fraction of sp³-hybridized carbons (Fsp3) is 0.120. The highest BCUT2D eigenvalue weighted by atomic mass is 16.4. The van der Waals surface area contributed by atoms with Crippen LogP contribution in [-0.4, -0.2) is 10.9 Å². The van der Waals surface area contributed by atoms with Crippen LogP contribution in [0.15, 0.2) is 83.4 Å². The first kappa shape index (κ1) is 17.4. The van der Waals surface area contributed by atoms with Crippen molar-refractivity contribution in [2.45, 2.75) is 19.3 Å². The van der Waals surface area contributed by atoms with Crippen LogP contribution in [0.2, 0.25) is 0 Å². The van der Waals surface area contributed by atoms with Gasteiger partial charge in [-0.2, -0.15) is 0 Å². The summed E-state index contributed by atoms with van der Waals surface area (Å²) in [6.07, 6.45) is 3.41. The standard InChI is InChI=1S/C25H20N2O2/c28-24(12-13-25-26-16-23(29-25)17-6-2-1-3-7-17)27-20-10-11-22-19(15-20)14-18-8-4-5-9-21(18)22/h1-11,15-16H,12-14H2,(H,27,28). The van der Waals surface area contributed by atoms with Crippen molar-refractivity contribution < 1.29 is 9.21 Å². The highest BCUT2D eigenvalue weighted by Crippen LogP contribution is 2.37. The summed E-state index contributed by atoms with van der Waals surface area (Å²) in [4.78, 5) is 16.7. The molecule has 1 amide bonds. The molecule has 29 heavy (non-hydrogen) atoms. The van der Waals surface area contributed by atoms with Crippen LogP contribution in [0.5, 0.6) is 0 Å². The number of amides is 1. The summed E-state index contributed by atoms with van der Waals surface area (Å²) < 4.78 is 5.78. The van der Waals surface area contributed by atoms with E-state index in [9.17, 15) is 4.79 Å². The molecule has 5 rings (SSSR count). The lowest BCUT2D eigenvalue weighted by Gasteiger charge is -2.07. The molecule has 3 aromatic carbocycles. The number of carbonyl (C=O) groups is 1. The Morgan fingerprint density at radius 1 is 0.931 bits per heavy atom. The normalized spacial score (nSPS) is 11.7. The lowest BCUT2D eigenvalue weighted by molar-refractivity contribution is -0.116. The fourth-order valence-electron chi connectivity index (χ4n) is 3.83. The van der Waals surface area contributed by atoms with Crippen molar-refractivity contribution in [2.75, 3.05) is 5.32 Å². The molecule has 0 unspecified atom stereocenters. The number of hydrogen-bond donors (Lipinski definition) is 1. The zero-order valence-corrected chi connectivity index (χ0v) is 15.9. The van der Waals surface area contributed by atoms with Gasteiger partial charge in [0.25, 0.3) is 0 Å². The molecule has 0 spiro atoms. The van der Waals surface area contributed by atoms with E-state index in [1.165, 1.54) is 22.3 Å². The second-order valence-corrected chi connectivity index (χ2v) is 7.24. The number of rotatable bonds is 5. The average molecular weight is 380 g/mol. The van der Waals surface area contributed by atoms with E-state index in [4.69, 9.17) is 4.42 Å². The van der Waals surface area contributed by atoms with Gasteiger partial charge in [-0.15, -0.1) is 0 Å². The molecule has 4 heteroatoms. The Bertz CT molecular complexity index is 1180. The minimum absolute atomic E-state index is 0.0417. The van der Waals surface area contributed by atoms with Gasteiger partial charge in [-0.1, -0.05) is 60.7 Å². The van der Waals surface area contributed by atoms with Crippen LogP contribution in [0.4, 0.5) is 5.69 Å². The Hall–Kier alpha value is -3.66. The lowest BCUT2D eigenvalue weighted by Crippen LogP contribution is -2.12. The predicted octanol–water partition coefficient (Wildman–Crippen LogP) is 5.48. The van der Waals surface area contributed by atoms with E-state index in [0.29, 0.717) is 18.7 Å². The number of carbonyl (C=O) groups excluding carboxylic acids is 1. The molecular formula is C25H20N2O2. The van der Waals surface area contributed by atoms with Crippen molar-refractivity contribution in [1.82, 2.24) is 4.98 Å². The van der Waals surface area contributed by atoms with Crippen LogP contribution in [0.25, 0.3) is 22.5 Å². The predicted molar refractivity (Wildman–Crippen MR) is 114 cm³/mol. The molecule has 1 aromatic heterocycles. The third kappa shape index (κ3) is 3.57. The molecule has 0 saturated carbocycles. The number of anilines is 1. The van der Waals surface area contributed by atoms with Crippen molar-refractivity contribution in [2.24, 2.45) is 0 Å². The van der Waals surface area contributed by atoms with Crippen molar-refractivity contribution >= 4 is 11.6 Å². The van der Waals surface area contributed by atoms with Crippen molar-refractivity contribution in [3.63, 3.8) is 0 Å². The van der Waals surface area contributed by atoms with Crippen LogP contribution in [0.3, 0.4) is 0 Å². The fourth-order valence-corrected chi connectivity index (χ4v) is 3.83. The van der Waals surface area contributed by atoms with Crippen LogP contribution < -0.4 is 5.32 Å². The van der Waals surface area contributed by atoms with Gasteiger partial charge >= 0.3 is 0 Å². The average Bonchev–Trinajstić information content (AvgIpc) is 3.37. The van der Waals surface area contributed by atoms with Crippen molar-refractivity contribution in [1.29, 1.82) is 0 Å². The Labute approximate surface area is 169 Å². The summed E-state index contributed by atoms with van der Waals surface area (Å²) in [5.74, 6) is 1.25. The Balaban J connectivity index is 1.21. The van der Waals surface area contributed by atoms with Crippen LogP contribution in [0.1, 0.15) is 23.4 Å². The molecule has 0 saturated heterocycles. The van der Waals surface area contributed by atoms with Gasteiger partial charge in [0.1, 0.15) is 0 Å². The summed E-state index contributed by atoms with van der Waals surface area (Å²) in [5, 5.41) is 3.00. The summed E-state index contributed by atoms with van der Waals surface area (Å²) in [5.41, 5.74) is 6.95. The SMILES string of the molecule is O=C(CCc1ncc(-c2ccccc2)o1)Nc1ccc2c(c1)Cc1ccccc1-2. The van der Waals surface area contributed by atoms with Crippen LogP contribution in [-0.2, 0) is 17.6 Å². The minimum Gasteiger partial charge on any atom is -0.441 e. The summed E-state index contributed by atoms with van der Waals surface area (Å²) in [6.45, 7) is 0. The zero-order chi connectivity index (χ0) is 19.6. The first-order chi connectivity index (χ1) is 14.3. The molecule has 0 bridgehead atoms. The number of hydrogen-bond acceptors (Lipinski definition) is 3. The van der Waals surface area contributed by atoms with Gasteiger partial charge in [0.15, 0.2) is 11.7 Å². The van der Waals surface area contributed by atoms with Crippen molar-refractivity contribution in [3.05, 3.63) is 96.0 Å². The van der Waals surface area contributed by atoms with Gasteiger partial charge in [-0.05, 0) is 40.8 Å². The van der Waals surface area contributed by atoms with Gasteiger partial charge in [-0.25, -0.2) is 4.98 Å². The molecule has 1 N–H and O–H groups in total. The molecule has 0 fully saturated rings. The monoisotopic (exact) mass is 380 g/mol.